The van der Waals surface area contributed by atoms with Crippen molar-refractivity contribution in [3.05, 3.63) is 48.2 Å². The minimum atomic E-state index is -4.78. The summed E-state index contributed by atoms with van der Waals surface area (Å²) < 4.78 is 66.4. The fourth-order valence-corrected chi connectivity index (χ4v) is 8.28. The maximum atomic E-state index is 13.0. The highest BCUT2D eigenvalue weighted by atomic mass is 32.2. The topological polar surface area (TPSA) is 253 Å². The van der Waals surface area contributed by atoms with Gasteiger partial charge < -0.3 is 35.1 Å². The lowest BCUT2D eigenvalue weighted by atomic mass is 10.0. The Kier molecular flexibility index (Phi) is 19.9. The second-order valence-corrected chi connectivity index (χ2v) is 18.7. The van der Waals surface area contributed by atoms with E-state index in [2.05, 4.69) is 22.0 Å². The van der Waals surface area contributed by atoms with Crippen LogP contribution in [0.5, 0.6) is 0 Å². The van der Waals surface area contributed by atoms with E-state index in [4.69, 9.17) is 34.7 Å². The number of anilines is 1. The number of phosphoric ester groups is 1. The third-order valence-corrected chi connectivity index (χ3v) is 12.4. The molecule has 0 radical (unpaired) electrons. The van der Waals surface area contributed by atoms with Crippen molar-refractivity contribution in [2.24, 2.45) is 5.73 Å². The van der Waals surface area contributed by atoms with Crippen molar-refractivity contribution in [1.82, 2.24) is 19.6 Å². The Labute approximate surface area is 342 Å². The molecule has 1 aliphatic rings. The summed E-state index contributed by atoms with van der Waals surface area (Å²) in [6, 6.07) is 4.52. The Balaban J connectivity index is 1.19. The third kappa shape index (κ3) is 15.1. The number of phosphoric acid groups is 1. The van der Waals surface area contributed by atoms with Gasteiger partial charge in [0.2, 0.25) is 0 Å². The predicted molar refractivity (Wildman–Crippen MR) is 218 cm³/mol. The summed E-state index contributed by atoms with van der Waals surface area (Å²) in [6.07, 6.45) is 19.6. The first-order valence-electron chi connectivity index (χ1n) is 20.6. The van der Waals surface area contributed by atoms with Crippen LogP contribution < -0.4 is 11.5 Å². The van der Waals surface area contributed by atoms with Crippen LogP contribution in [0.4, 0.5) is 5.82 Å². The van der Waals surface area contributed by atoms with Gasteiger partial charge in [-0.2, -0.15) is 5.10 Å². The van der Waals surface area contributed by atoms with Gasteiger partial charge in [-0.3, -0.25) is 19.8 Å². The maximum Gasteiger partial charge on any atom is 0.472 e. The number of aliphatic hydroxyl groups is 2. The van der Waals surface area contributed by atoms with Gasteiger partial charge in [0.15, 0.2) is 21.4 Å². The smallest absolute Gasteiger partial charge is 0.387 e. The minimum Gasteiger partial charge on any atom is -0.387 e. The molecule has 58 heavy (non-hydrogen) atoms. The van der Waals surface area contributed by atoms with Gasteiger partial charge in [-0.1, -0.05) is 103 Å². The number of fused-ring (bicyclic) bond motifs is 1. The highest BCUT2D eigenvalue weighted by Crippen LogP contribution is 2.45. The molecule has 0 spiro atoms. The van der Waals surface area contributed by atoms with Crippen molar-refractivity contribution >= 4 is 29.0 Å². The zero-order valence-electron chi connectivity index (χ0n) is 34.0. The van der Waals surface area contributed by atoms with Crippen LogP contribution in [0.1, 0.15) is 121 Å². The molecule has 6 atom stereocenters. The summed E-state index contributed by atoms with van der Waals surface area (Å²) in [7, 11) is -8.28. The van der Waals surface area contributed by atoms with Crippen LogP contribution in [-0.4, -0.2) is 100 Å². The third-order valence-electron chi connectivity index (χ3n) is 10.3. The SMILES string of the molecule is CCCCCCCCCCCCCCCCCCOC[C@H](COP(=O)(O)OC[C@H]1O[C@@](N)(c2ccc3c(N)ncnn23)[C@H](O)[C@@H]1O)OCc1cncc(S(C)(=O)=O)c1. The van der Waals surface area contributed by atoms with Crippen LogP contribution in [0.3, 0.4) is 0 Å². The molecular weight excluding hydrogens is 792 g/mol. The van der Waals surface area contributed by atoms with Crippen LogP contribution in [0.25, 0.3) is 5.52 Å². The summed E-state index contributed by atoms with van der Waals surface area (Å²) in [5.41, 5.74) is 11.4. The number of nitrogens with zero attached hydrogens (tertiary/aromatic N) is 4. The number of nitrogens with two attached hydrogens (primary N) is 2. The number of rotatable bonds is 30. The maximum absolute atomic E-state index is 13.0. The molecule has 1 saturated heterocycles. The number of pyridine rings is 1. The molecule has 0 amide bonds. The van der Waals surface area contributed by atoms with Gasteiger partial charge in [0.1, 0.15) is 36.3 Å². The molecule has 328 valence electrons. The zero-order valence-corrected chi connectivity index (χ0v) is 35.7. The quantitative estimate of drug-likeness (QED) is 0.0419. The van der Waals surface area contributed by atoms with Crippen molar-refractivity contribution in [3.63, 3.8) is 0 Å². The number of sulfone groups is 1. The van der Waals surface area contributed by atoms with Gasteiger partial charge in [0.25, 0.3) is 0 Å². The van der Waals surface area contributed by atoms with Crippen LogP contribution in [-0.2, 0) is 50.0 Å². The second kappa shape index (κ2) is 24.0. The van der Waals surface area contributed by atoms with Crippen molar-refractivity contribution < 1.29 is 51.3 Å². The van der Waals surface area contributed by atoms with Crippen LogP contribution >= 0.6 is 7.82 Å². The highest BCUT2D eigenvalue weighted by molar-refractivity contribution is 7.90. The molecule has 17 nitrogen and oxygen atoms in total. The summed E-state index contributed by atoms with van der Waals surface area (Å²) in [5, 5.41) is 25.8. The van der Waals surface area contributed by atoms with E-state index in [9.17, 15) is 28.1 Å². The van der Waals surface area contributed by atoms with E-state index in [-0.39, 0.29) is 29.6 Å². The first-order valence-corrected chi connectivity index (χ1v) is 24.0. The summed E-state index contributed by atoms with van der Waals surface area (Å²) in [6.45, 7) is 1.54. The number of hydrogen-bond acceptors (Lipinski definition) is 15. The van der Waals surface area contributed by atoms with E-state index in [0.29, 0.717) is 17.7 Å². The Morgan fingerprint density at radius 1 is 0.931 bits per heavy atom. The van der Waals surface area contributed by atoms with Crippen molar-refractivity contribution in [1.29, 1.82) is 0 Å². The average Bonchev–Trinajstić information content (AvgIpc) is 3.73. The van der Waals surface area contributed by atoms with Gasteiger partial charge in [0.05, 0.1) is 37.0 Å². The molecule has 1 unspecified atom stereocenters. The molecule has 0 bridgehead atoms. The number of aliphatic hydroxyl groups excluding tert-OH is 2. The molecule has 7 N–H and O–H groups in total. The molecule has 0 aromatic carbocycles. The van der Waals surface area contributed by atoms with E-state index >= 15 is 0 Å². The lowest BCUT2D eigenvalue weighted by molar-refractivity contribution is -0.0982. The average molecular weight is 857 g/mol. The van der Waals surface area contributed by atoms with Gasteiger partial charge >= 0.3 is 7.82 Å². The number of aromatic nitrogens is 4. The number of unbranched alkanes of at least 4 members (excludes halogenated alkanes) is 15. The van der Waals surface area contributed by atoms with E-state index in [1.54, 1.807) is 6.07 Å². The van der Waals surface area contributed by atoms with Gasteiger partial charge in [0, 0.05) is 25.3 Å². The van der Waals surface area contributed by atoms with Gasteiger partial charge in [-0.15, -0.1) is 0 Å². The van der Waals surface area contributed by atoms with Gasteiger partial charge in [-0.05, 0) is 30.2 Å². The fourth-order valence-electron chi connectivity index (χ4n) is 6.89. The fraction of sp³-hybridized carbons (Fsp3) is 0.718. The normalized spacial score (nSPS) is 21.4. The van der Waals surface area contributed by atoms with Crippen molar-refractivity contribution in [2.45, 2.75) is 151 Å². The number of nitrogen functional groups attached to an aromatic ring is 1. The van der Waals surface area contributed by atoms with E-state index in [0.717, 1.165) is 25.5 Å². The van der Waals surface area contributed by atoms with E-state index in [1.165, 1.54) is 119 Å². The first kappa shape index (κ1) is 48.1. The van der Waals surface area contributed by atoms with Crippen molar-refractivity contribution in [2.75, 3.05) is 38.4 Å². The molecule has 3 aromatic heterocycles. The molecule has 0 aliphatic carbocycles. The molecule has 1 fully saturated rings. The molecule has 4 heterocycles. The van der Waals surface area contributed by atoms with E-state index in [1.807, 2.05) is 0 Å². The standard InChI is InChI=1S/C39H65N6O11PS/c1-3-4-5-6-7-8-9-10-11-12-13-14-15-16-17-18-21-52-26-31(53-25-30-22-32(24-42-23-30)58(2,50)51)27-54-57(48,49)55-28-34-36(46)37(47)39(41,56-34)35-20-19-33-38(40)43-29-44-45(33)35/h19-20,22-24,29,31,34,36-37,46-47H,3-18,21,25-28,41H2,1-2H3,(H,48,49)(H2,40,43,44)/t31-,34-,36-,37-,39+/m1/s1. The number of ether oxygens (including phenoxy) is 3. The van der Waals surface area contributed by atoms with Crippen LogP contribution in [0, 0.1) is 0 Å². The van der Waals surface area contributed by atoms with Crippen LogP contribution in [0.15, 0.2) is 41.8 Å². The molecular formula is C39H65N6O11PS. The van der Waals surface area contributed by atoms with Gasteiger partial charge in [-0.25, -0.2) is 22.5 Å². The first-order chi connectivity index (χ1) is 27.7. The molecule has 19 heteroatoms. The monoisotopic (exact) mass is 856 g/mol. The Hall–Kier alpha value is -2.61. The second-order valence-electron chi connectivity index (χ2n) is 15.2. The van der Waals surface area contributed by atoms with Crippen molar-refractivity contribution in [3.8, 4) is 0 Å². The lowest BCUT2D eigenvalue weighted by Gasteiger charge is -2.27. The lowest BCUT2D eigenvalue weighted by Crippen LogP contribution is -2.49. The summed E-state index contributed by atoms with van der Waals surface area (Å²) >= 11 is 0. The Morgan fingerprint density at radius 3 is 2.17 bits per heavy atom. The Morgan fingerprint density at radius 2 is 1.55 bits per heavy atom. The molecule has 3 aromatic rings. The minimum absolute atomic E-state index is 0.0175. The molecule has 1 aliphatic heterocycles. The predicted octanol–water partition coefficient (Wildman–Crippen LogP) is 5.34. The largest absolute Gasteiger partial charge is 0.472 e. The Bertz CT molecular complexity index is 1820. The van der Waals surface area contributed by atoms with Crippen LogP contribution in [0.2, 0.25) is 0 Å². The number of hydrogen-bond donors (Lipinski definition) is 5. The highest BCUT2D eigenvalue weighted by Gasteiger charge is 2.55. The molecule has 0 saturated carbocycles. The zero-order chi connectivity index (χ0) is 42.0. The summed E-state index contributed by atoms with van der Waals surface area (Å²) in [5.74, 6) is 0.156. The molecule has 4 rings (SSSR count). The van der Waals surface area contributed by atoms with E-state index < -0.39 is 61.0 Å². The summed E-state index contributed by atoms with van der Waals surface area (Å²) in [4.78, 5) is 18.5.